The maximum absolute atomic E-state index is 6.22. The summed E-state index contributed by atoms with van der Waals surface area (Å²) in [5, 5.41) is 0. The highest BCUT2D eigenvalue weighted by Crippen LogP contribution is 2.24. The molecule has 0 saturated carbocycles. The second kappa shape index (κ2) is 7.77. The summed E-state index contributed by atoms with van der Waals surface area (Å²) in [5.74, 6) is 0.852. The van der Waals surface area contributed by atoms with Gasteiger partial charge in [0.05, 0.1) is 13.2 Å². The third-order valence-corrected chi connectivity index (χ3v) is 3.74. The molecule has 0 aliphatic carbocycles. The molecule has 1 aromatic carbocycles. The summed E-state index contributed by atoms with van der Waals surface area (Å²) >= 11 is 3.55. The lowest BCUT2D eigenvalue weighted by molar-refractivity contribution is 0.0417. The molecule has 102 valence electrons. The average molecular weight is 316 g/mol. The van der Waals surface area contributed by atoms with Gasteiger partial charge in [0.2, 0.25) is 0 Å². The number of benzene rings is 1. The largest absolute Gasteiger partial charge is 0.497 e. The summed E-state index contributed by atoms with van der Waals surface area (Å²) in [6.45, 7) is 4.79. The lowest BCUT2D eigenvalue weighted by Gasteiger charge is -2.23. The van der Waals surface area contributed by atoms with Crippen molar-refractivity contribution in [3.63, 3.8) is 0 Å². The first-order chi connectivity index (χ1) is 8.62. The molecule has 0 aliphatic heterocycles. The fraction of sp³-hybridized carbons (Fsp3) is 0.571. The number of nitrogens with two attached hydrogens (primary N) is 1. The Morgan fingerprint density at radius 2 is 2.06 bits per heavy atom. The topological polar surface area (TPSA) is 44.5 Å². The molecule has 0 bridgehead atoms. The van der Waals surface area contributed by atoms with Crippen LogP contribution in [-0.2, 0) is 11.2 Å². The monoisotopic (exact) mass is 315 g/mol. The molecule has 0 spiro atoms. The zero-order valence-electron chi connectivity index (χ0n) is 11.3. The van der Waals surface area contributed by atoms with E-state index in [-0.39, 0.29) is 12.1 Å². The average Bonchev–Trinajstić information content (AvgIpc) is 2.38. The molecular formula is C14H22BrNO2. The minimum Gasteiger partial charge on any atom is -0.497 e. The summed E-state index contributed by atoms with van der Waals surface area (Å²) in [6, 6.07) is 5.93. The van der Waals surface area contributed by atoms with Crippen LogP contribution in [0.5, 0.6) is 5.75 Å². The number of hydrogen-bond acceptors (Lipinski definition) is 3. The van der Waals surface area contributed by atoms with Crippen LogP contribution in [0, 0.1) is 0 Å². The molecule has 0 heterocycles. The van der Waals surface area contributed by atoms with Gasteiger partial charge in [-0.05, 0) is 43.5 Å². The number of methoxy groups -OCH3 is 1. The van der Waals surface area contributed by atoms with Crippen LogP contribution < -0.4 is 10.5 Å². The lowest BCUT2D eigenvalue weighted by Crippen LogP contribution is -2.38. The van der Waals surface area contributed by atoms with Crippen LogP contribution in [0.2, 0.25) is 0 Å². The Morgan fingerprint density at radius 1 is 1.33 bits per heavy atom. The Balaban J connectivity index is 2.76. The van der Waals surface area contributed by atoms with Crippen molar-refractivity contribution >= 4 is 15.9 Å². The molecule has 1 rings (SSSR count). The van der Waals surface area contributed by atoms with E-state index in [2.05, 4.69) is 22.9 Å². The van der Waals surface area contributed by atoms with E-state index in [1.54, 1.807) is 7.11 Å². The molecule has 0 aromatic heterocycles. The van der Waals surface area contributed by atoms with Crippen LogP contribution in [0.4, 0.5) is 0 Å². The maximum Gasteiger partial charge on any atom is 0.119 e. The van der Waals surface area contributed by atoms with Crippen LogP contribution in [0.3, 0.4) is 0 Å². The minimum atomic E-state index is -0.00152. The number of rotatable bonds is 7. The molecule has 0 aliphatic rings. The quantitative estimate of drug-likeness (QED) is 0.840. The Bertz CT molecular complexity index is 371. The Kier molecular flexibility index (Phi) is 6.68. The first-order valence-corrected chi connectivity index (χ1v) is 7.11. The Labute approximate surface area is 118 Å². The molecule has 0 amide bonds. The summed E-state index contributed by atoms with van der Waals surface area (Å²) < 4.78 is 11.9. The predicted octanol–water partition coefficient (Wildman–Crippen LogP) is 3.14. The minimum absolute atomic E-state index is 0.00152. The van der Waals surface area contributed by atoms with Crippen molar-refractivity contribution in [1.29, 1.82) is 0 Å². The van der Waals surface area contributed by atoms with Crippen LogP contribution in [-0.4, -0.2) is 25.9 Å². The van der Waals surface area contributed by atoms with Gasteiger partial charge < -0.3 is 15.2 Å². The van der Waals surface area contributed by atoms with Crippen molar-refractivity contribution in [3.8, 4) is 5.75 Å². The zero-order valence-corrected chi connectivity index (χ0v) is 12.9. The lowest BCUT2D eigenvalue weighted by atomic mass is 10.0. The van der Waals surface area contributed by atoms with E-state index in [4.69, 9.17) is 15.2 Å². The third-order valence-electron chi connectivity index (χ3n) is 2.97. The van der Waals surface area contributed by atoms with Gasteiger partial charge in [-0.1, -0.05) is 22.9 Å². The first-order valence-electron chi connectivity index (χ1n) is 6.31. The molecule has 2 N–H and O–H groups in total. The van der Waals surface area contributed by atoms with E-state index in [1.165, 1.54) is 0 Å². The fourth-order valence-corrected chi connectivity index (χ4v) is 2.39. The molecule has 0 saturated heterocycles. The fourth-order valence-electron chi connectivity index (χ4n) is 1.98. The van der Waals surface area contributed by atoms with E-state index in [1.807, 2.05) is 25.1 Å². The van der Waals surface area contributed by atoms with Gasteiger partial charge in [-0.15, -0.1) is 0 Å². The number of ether oxygens (including phenoxy) is 2. The van der Waals surface area contributed by atoms with Crippen molar-refractivity contribution in [2.75, 3.05) is 13.7 Å². The molecule has 4 heteroatoms. The summed E-state index contributed by atoms with van der Waals surface area (Å²) in [4.78, 5) is 0. The van der Waals surface area contributed by atoms with Crippen molar-refractivity contribution in [2.24, 2.45) is 5.73 Å². The Morgan fingerprint density at radius 3 is 2.61 bits per heavy atom. The highest BCUT2D eigenvalue weighted by atomic mass is 79.9. The Hall–Kier alpha value is -0.580. The molecule has 0 radical (unpaired) electrons. The third kappa shape index (κ3) is 4.26. The second-order valence-corrected chi connectivity index (χ2v) is 5.08. The van der Waals surface area contributed by atoms with Crippen LogP contribution >= 0.6 is 15.9 Å². The van der Waals surface area contributed by atoms with E-state index in [0.717, 1.165) is 28.6 Å². The van der Waals surface area contributed by atoms with Crippen LogP contribution in [0.15, 0.2) is 22.7 Å². The van der Waals surface area contributed by atoms with E-state index >= 15 is 0 Å². The van der Waals surface area contributed by atoms with Crippen molar-refractivity contribution in [1.82, 2.24) is 0 Å². The summed E-state index contributed by atoms with van der Waals surface area (Å²) in [6.07, 6.45) is 1.81. The number of halogens is 1. The molecule has 2 atom stereocenters. The van der Waals surface area contributed by atoms with Gasteiger partial charge in [0, 0.05) is 17.1 Å². The standard InChI is InChI=1S/C14H22BrNO2/c1-4-14(18-5-2)13(16)9-10-8-11(17-3)6-7-12(10)15/h6-8,13-14H,4-5,9,16H2,1-3H3. The molecule has 0 fully saturated rings. The van der Waals surface area contributed by atoms with Gasteiger partial charge >= 0.3 is 0 Å². The highest BCUT2D eigenvalue weighted by Gasteiger charge is 2.17. The normalized spacial score (nSPS) is 14.3. The molecule has 3 nitrogen and oxygen atoms in total. The van der Waals surface area contributed by atoms with E-state index < -0.39 is 0 Å². The second-order valence-electron chi connectivity index (χ2n) is 4.23. The molecule has 2 unspecified atom stereocenters. The zero-order chi connectivity index (χ0) is 13.5. The van der Waals surface area contributed by atoms with Gasteiger partial charge in [0.1, 0.15) is 5.75 Å². The van der Waals surface area contributed by atoms with E-state index in [9.17, 15) is 0 Å². The molecule has 1 aromatic rings. The maximum atomic E-state index is 6.22. The molecular weight excluding hydrogens is 294 g/mol. The van der Waals surface area contributed by atoms with E-state index in [0.29, 0.717) is 6.61 Å². The number of hydrogen-bond donors (Lipinski definition) is 1. The van der Waals surface area contributed by atoms with Crippen molar-refractivity contribution < 1.29 is 9.47 Å². The predicted molar refractivity (Wildman–Crippen MR) is 78.1 cm³/mol. The van der Waals surface area contributed by atoms with Gasteiger partial charge in [0.25, 0.3) is 0 Å². The molecule has 18 heavy (non-hydrogen) atoms. The van der Waals surface area contributed by atoms with Gasteiger partial charge in [-0.25, -0.2) is 0 Å². The van der Waals surface area contributed by atoms with Gasteiger partial charge in [-0.3, -0.25) is 0 Å². The van der Waals surface area contributed by atoms with Crippen molar-refractivity contribution in [3.05, 3.63) is 28.2 Å². The van der Waals surface area contributed by atoms with Gasteiger partial charge in [0.15, 0.2) is 0 Å². The SMILES string of the molecule is CCOC(CC)C(N)Cc1cc(OC)ccc1Br. The van der Waals surface area contributed by atoms with Crippen LogP contribution in [0.1, 0.15) is 25.8 Å². The van der Waals surface area contributed by atoms with Crippen molar-refractivity contribution in [2.45, 2.75) is 38.8 Å². The summed E-state index contributed by atoms with van der Waals surface area (Å²) in [7, 11) is 1.67. The van der Waals surface area contributed by atoms with Gasteiger partial charge in [-0.2, -0.15) is 0 Å². The summed E-state index contributed by atoms with van der Waals surface area (Å²) in [5.41, 5.74) is 7.37. The van der Waals surface area contributed by atoms with Crippen LogP contribution in [0.25, 0.3) is 0 Å². The first kappa shape index (κ1) is 15.5. The smallest absolute Gasteiger partial charge is 0.119 e. The highest BCUT2D eigenvalue weighted by molar-refractivity contribution is 9.10.